The highest BCUT2D eigenvalue weighted by Crippen LogP contribution is 2.37. The monoisotopic (exact) mass is 584 g/mol. The summed E-state index contributed by atoms with van der Waals surface area (Å²) >= 11 is 2.99. The largest absolute Gasteiger partial charge is 0.493 e. The van der Waals surface area contributed by atoms with Crippen molar-refractivity contribution in [3.63, 3.8) is 0 Å². The molecule has 0 aromatic heterocycles. The summed E-state index contributed by atoms with van der Waals surface area (Å²) in [7, 11) is 3.07. The highest BCUT2D eigenvalue weighted by Gasteiger charge is 2.34. The van der Waals surface area contributed by atoms with Crippen molar-refractivity contribution in [2.75, 3.05) is 27.4 Å². The van der Waals surface area contributed by atoms with Gasteiger partial charge in [0.2, 0.25) is 0 Å². The highest BCUT2D eigenvalue weighted by atomic mass is 127. The van der Waals surface area contributed by atoms with Crippen LogP contribution >= 0.6 is 34.4 Å². The van der Waals surface area contributed by atoms with Crippen LogP contribution in [0.4, 0.5) is 10.5 Å². The van der Waals surface area contributed by atoms with Crippen molar-refractivity contribution >= 4 is 57.3 Å². The topological polar surface area (TPSA) is 108 Å². The van der Waals surface area contributed by atoms with Crippen molar-refractivity contribution in [2.45, 2.75) is 13.0 Å². The quantitative estimate of drug-likeness (QED) is 0.128. The van der Waals surface area contributed by atoms with E-state index >= 15 is 0 Å². The van der Waals surface area contributed by atoms with Gasteiger partial charge in [0.15, 0.2) is 11.5 Å². The molecule has 2 aromatic carbocycles. The van der Waals surface area contributed by atoms with Crippen LogP contribution in [-0.4, -0.2) is 48.3 Å². The van der Waals surface area contributed by atoms with Gasteiger partial charge in [-0.3, -0.25) is 24.6 Å². The molecule has 0 unspecified atom stereocenters. The Morgan fingerprint density at radius 1 is 1.21 bits per heavy atom. The first-order valence-electron chi connectivity index (χ1n) is 9.82. The van der Waals surface area contributed by atoms with E-state index in [1.165, 1.54) is 24.1 Å². The summed E-state index contributed by atoms with van der Waals surface area (Å²) in [4.78, 5) is 36.9. The van der Waals surface area contributed by atoms with Crippen LogP contribution in [0.3, 0.4) is 0 Å². The number of nitro groups is 1. The zero-order chi connectivity index (χ0) is 24.0. The molecule has 0 bridgehead atoms. The molecule has 11 heteroatoms. The van der Waals surface area contributed by atoms with Gasteiger partial charge in [-0.15, -0.1) is 0 Å². The third kappa shape index (κ3) is 6.24. The number of nitrogens with zero attached hydrogens (tertiary/aromatic N) is 2. The van der Waals surface area contributed by atoms with E-state index in [1.807, 2.05) is 6.07 Å². The lowest BCUT2D eigenvalue weighted by Crippen LogP contribution is -2.29. The molecule has 1 saturated heterocycles. The van der Waals surface area contributed by atoms with E-state index < -0.39 is 4.92 Å². The zero-order valence-electron chi connectivity index (χ0n) is 17.9. The molecule has 0 saturated carbocycles. The Bertz CT molecular complexity index is 1110. The number of hydrogen-bond donors (Lipinski definition) is 0. The number of imide groups is 1. The molecule has 1 aliphatic heterocycles. The third-order valence-electron chi connectivity index (χ3n) is 4.66. The van der Waals surface area contributed by atoms with Gasteiger partial charge in [-0.05, 0) is 70.1 Å². The zero-order valence-corrected chi connectivity index (χ0v) is 20.9. The minimum atomic E-state index is -0.456. The average molecular weight is 584 g/mol. The molecule has 1 heterocycles. The standard InChI is InChI=1S/C22H21IN2O7S/c1-30-8-4-7-24-21(26)19(33-22(24)27)12-15-10-17(23)20(18(11-15)31-2)32-13-14-5-3-6-16(9-14)25(28)29/h3,5-6,9-12H,4,7-8,13H2,1-2H3/b19-12+. The molecule has 1 aliphatic rings. The molecular formula is C22H21IN2O7S. The van der Waals surface area contributed by atoms with Crippen molar-refractivity contribution in [1.82, 2.24) is 4.90 Å². The van der Waals surface area contributed by atoms with Crippen molar-refractivity contribution in [1.29, 1.82) is 0 Å². The molecule has 9 nitrogen and oxygen atoms in total. The molecule has 0 spiro atoms. The number of halogens is 1. The van der Waals surface area contributed by atoms with Crippen LogP contribution in [0.2, 0.25) is 0 Å². The predicted molar refractivity (Wildman–Crippen MR) is 132 cm³/mol. The van der Waals surface area contributed by atoms with Gasteiger partial charge in [0.05, 0.1) is 20.5 Å². The third-order valence-corrected chi connectivity index (χ3v) is 6.37. The minimum Gasteiger partial charge on any atom is -0.493 e. The lowest BCUT2D eigenvalue weighted by molar-refractivity contribution is -0.384. The lowest BCUT2D eigenvalue weighted by atomic mass is 10.1. The number of ether oxygens (including phenoxy) is 3. The second kappa shape index (κ2) is 11.5. The number of benzene rings is 2. The molecule has 33 heavy (non-hydrogen) atoms. The molecule has 2 amide bonds. The minimum absolute atomic E-state index is 0.00993. The number of rotatable bonds is 10. The van der Waals surface area contributed by atoms with Gasteiger partial charge in [-0.2, -0.15) is 0 Å². The fourth-order valence-corrected chi connectivity index (χ4v) is 4.74. The van der Waals surface area contributed by atoms with Crippen LogP contribution in [0.15, 0.2) is 41.3 Å². The maximum absolute atomic E-state index is 12.6. The SMILES string of the molecule is COCCCN1C(=O)S/C(=C/c2cc(I)c(OCc3cccc([N+](=O)[O-])c3)c(OC)c2)C1=O. The van der Waals surface area contributed by atoms with Gasteiger partial charge in [0, 0.05) is 32.4 Å². The van der Waals surface area contributed by atoms with Gasteiger partial charge >= 0.3 is 0 Å². The summed E-state index contributed by atoms with van der Waals surface area (Å²) in [5, 5.41) is 10.7. The predicted octanol–water partition coefficient (Wildman–Crippen LogP) is 4.86. The Morgan fingerprint density at radius 3 is 2.70 bits per heavy atom. The van der Waals surface area contributed by atoms with Gasteiger partial charge < -0.3 is 14.2 Å². The normalized spacial score (nSPS) is 14.8. The smallest absolute Gasteiger partial charge is 0.293 e. The summed E-state index contributed by atoms with van der Waals surface area (Å²) in [5.74, 6) is 0.591. The molecule has 2 aromatic rings. The maximum atomic E-state index is 12.6. The summed E-state index contributed by atoms with van der Waals surface area (Å²) < 4.78 is 17.1. The number of thioether (sulfide) groups is 1. The first kappa shape index (κ1) is 25.0. The number of nitro benzene ring substituents is 1. The fraction of sp³-hybridized carbons (Fsp3) is 0.273. The van der Waals surface area contributed by atoms with Crippen molar-refractivity contribution in [3.8, 4) is 11.5 Å². The van der Waals surface area contributed by atoms with Gasteiger partial charge in [0.25, 0.3) is 16.8 Å². The van der Waals surface area contributed by atoms with E-state index in [1.54, 1.807) is 31.4 Å². The highest BCUT2D eigenvalue weighted by molar-refractivity contribution is 14.1. The number of amides is 2. The second-order valence-corrected chi connectivity index (χ2v) is 9.08. The van der Waals surface area contributed by atoms with Crippen LogP contribution in [0.1, 0.15) is 17.5 Å². The molecule has 0 atom stereocenters. The van der Waals surface area contributed by atoms with Crippen LogP contribution in [0.25, 0.3) is 6.08 Å². The number of hydrogen-bond acceptors (Lipinski definition) is 8. The lowest BCUT2D eigenvalue weighted by Gasteiger charge is -2.14. The van der Waals surface area contributed by atoms with Crippen LogP contribution in [0, 0.1) is 13.7 Å². The van der Waals surface area contributed by atoms with Crippen LogP contribution in [0.5, 0.6) is 11.5 Å². The van der Waals surface area contributed by atoms with Crippen LogP contribution in [-0.2, 0) is 16.1 Å². The molecule has 0 radical (unpaired) electrons. The van der Waals surface area contributed by atoms with E-state index in [2.05, 4.69) is 22.6 Å². The van der Waals surface area contributed by atoms with Crippen molar-refractivity contribution in [3.05, 3.63) is 66.1 Å². The first-order valence-corrected chi connectivity index (χ1v) is 11.7. The summed E-state index contributed by atoms with van der Waals surface area (Å²) in [6, 6.07) is 9.74. The van der Waals surface area contributed by atoms with Gasteiger partial charge in [-0.1, -0.05) is 12.1 Å². The Balaban J connectivity index is 1.78. The van der Waals surface area contributed by atoms with Crippen molar-refractivity contribution in [2.24, 2.45) is 0 Å². The maximum Gasteiger partial charge on any atom is 0.293 e. The number of non-ortho nitro benzene ring substituents is 1. The Morgan fingerprint density at radius 2 is 2.00 bits per heavy atom. The molecular weight excluding hydrogens is 563 g/mol. The van der Waals surface area contributed by atoms with Gasteiger partial charge in [-0.25, -0.2) is 0 Å². The molecule has 1 fully saturated rings. The summed E-state index contributed by atoms with van der Waals surface area (Å²) in [5.41, 5.74) is 1.32. The number of carbonyl (C=O) groups excluding carboxylic acids is 2. The van der Waals surface area contributed by atoms with Crippen molar-refractivity contribution < 1.29 is 28.7 Å². The van der Waals surface area contributed by atoms with E-state index in [-0.39, 0.29) is 23.4 Å². The molecule has 0 aliphatic carbocycles. The number of methoxy groups -OCH3 is 2. The molecule has 0 N–H and O–H groups in total. The summed E-state index contributed by atoms with van der Waals surface area (Å²) in [6.07, 6.45) is 2.22. The van der Waals surface area contributed by atoms with Crippen LogP contribution < -0.4 is 9.47 Å². The van der Waals surface area contributed by atoms with Gasteiger partial charge in [0.1, 0.15) is 6.61 Å². The Hall–Kier alpha value is -2.64. The van der Waals surface area contributed by atoms with E-state index in [4.69, 9.17) is 14.2 Å². The second-order valence-electron chi connectivity index (χ2n) is 6.93. The Labute approximate surface area is 208 Å². The van der Waals surface area contributed by atoms with E-state index in [9.17, 15) is 19.7 Å². The summed E-state index contributed by atoms with van der Waals surface area (Å²) in [6.45, 7) is 0.892. The first-order chi connectivity index (χ1) is 15.8. The fourth-order valence-electron chi connectivity index (χ4n) is 3.09. The molecule has 3 rings (SSSR count). The Kier molecular flexibility index (Phi) is 8.69. The number of carbonyl (C=O) groups is 2. The van der Waals surface area contributed by atoms with E-state index in [0.29, 0.717) is 47.1 Å². The molecule has 174 valence electrons. The van der Waals surface area contributed by atoms with E-state index in [0.717, 1.165) is 15.3 Å². The average Bonchev–Trinajstić information content (AvgIpc) is 3.05.